The molecule has 2 amide bonds. The van der Waals surface area contributed by atoms with Gasteiger partial charge in [-0.1, -0.05) is 79.7 Å². The van der Waals surface area contributed by atoms with Crippen molar-refractivity contribution in [2.45, 2.75) is 45.4 Å². The van der Waals surface area contributed by atoms with Crippen LogP contribution in [-0.2, 0) is 23.2 Å². The summed E-state index contributed by atoms with van der Waals surface area (Å²) in [5.74, 6) is -0.518. The van der Waals surface area contributed by atoms with Crippen molar-refractivity contribution in [1.82, 2.24) is 14.4 Å². The Bertz CT molecular complexity index is 1560. The fraction of sp³-hybridized carbons (Fsp3) is 0.371. The summed E-state index contributed by atoms with van der Waals surface area (Å²) in [7, 11) is 3.75. The third kappa shape index (κ3) is 5.59. The van der Waals surface area contributed by atoms with Gasteiger partial charge in [0.05, 0.1) is 31.3 Å². The van der Waals surface area contributed by atoms with Crippen molar-refractivity contribution in [2.24, 2.45) is 13.0 Å². The van der Waals surface area contributed by atoms with E-state index in [0.29, 0.717) is 25.4 Å². The summed E-state index contributed by atoms with van der Waals surface area (Å²) in [4.78, 5) is 31.5. The van der Waals surface area contributed by atoms with Gasteiger partial charge >= 0.3 is 0 Å². The lowest BCUT2D eigenvalue weighted by molar-refractivity contribution is -0.134. The number of likely N-dealkylation sites (N-methyl/N-ethyl adjacent to an activating group) is 1. The number of hydrogen-bond acceptors (Lipinski definition) is 4. The molecule has 4 atom stereocenters. The molecule has 1 aliphatic rings. The quantitative estimate of drug-likeness (QED) is 0.336. The molecule has 0 fully saturated rings. The van der Waals surface area contributed by atoms with Crippen LogP contribution >= 0.6 is 0 Å². The lowest BCUT2D eigenvalue weighted by atomic mass is 9.96. The predicted octanol–water partition coefficient (Wildman–Crippen LogP) is 5.47. The summed E-state index contributed by atoms with van der Waals surface area (Å²) in [5, 5.41) is 11.2. The van der Waals surface area contributed by atoms with Crippen LogP contribution in [0.2, 0.25) is 0 Å². The number of para-hydroxylation sites is 1. The molecule has 0 radical (unpaired) electrons. The van der Waals surface area contributed by atoms with Crippen LogP contribution in [0.5, 0.6) is 0 Å². The van der Waals surface area contributed by atoms with Gasteiger partial charge in [0.2, 0.25) is 5.91 Å². The van der Waals surface area contributed by atoms with E-state index < -0.39 is 6.04 Å². The van der Waals surface area contributed by atoms with E-state index in [1.807, 2.05) is 105 Å². The Morgan fingerprint density at radius 1 is 1.02 bits per heavy atom. The van der Waals surface area contributed by atoms with Crippen LogP contribution in [0.15, 0.2) is 78.9 Å². The second-order valence-corrected chi connectivity index (χ2v) is 11.6. The lowest BCUT2D eigenvalue weighted by Crippen LogP contribution is -2.48. The molecule has 0 saturated heterocycles. The minimum Gasteiger partial charge on any atom is -0.394 e. The van der Waals surface area contributed by atoms with Crippen LogP contribution in [0.25, 0.3) is 22.0 Å². The third-order valence-corrected chi connectivity index (χ3v) is 8.73. The molecule has 0 spiro atoms. The van der Waals surface area contributed by atoms with E-state index >= 15 is 0 Å². The highest BCUT2D eigenvalue weighted by atomic mass is 16.5. The number of carbonyl (C=O) groups is 2. The number of aromatic nitrogens is 1. The molecule has 1 N–H and O–H groups in total. The number of benzene rings is 3. The molecule has 0 bridgehead atoms. The molecule has 42 heavy (non-hydrogen) atoms. The van der Waals surface area contributed by atoms with Gasteiger partial charge in [0, 0.05) is 49.6 Å². The molecule has 1 aromatic heterocycles. The zero-order chi connectivity index (χ0) is 30.0. The number of amides is 2. The highest BCUT2D eigenvalue weighted by Gasteiger charge is 2.34. The minimum atomic E-state index is -0.403. The van der Waals surface area contributed by atoms with Crippen molar-refractivity contribution in [3.8, 4) is 11.1 Å². The molecular formula is C35H41N3O4. The maximum absolute atomic E-state index is 14.5. The zero-order valence-corrected chi connectivity index (χ0v) is 25.2. The van der Waals surface area contributed by atoms with Crippen molar-refractivity contribution >= 4 is 22.7 Å². The summed E-state index contributed by atoms with van der Waals surface area (Å²) in [5.41, 5.74) is 5.35. The second-order valence-electron chi connectivity index (χ2n) is 11.6. The van der Waals surface area contributed by atoms with Crippen LogP contribution in [-0.4, -0.2) is 70.2 Å². The molecule has 7 heteroatoms. The molecule has 0 unspecified atom stereocenters. The fourth-order valence-corrected chi connectivity index (χ4v) is 6.10. The number of aliphatic hydroxyl groups excluding tert-OH is 1. The molecule has 5 rings (SSSR count). The molecule has 220 valence electrons. The van der Waals surface area contributed by atoms with E-state index in [2.05, 4.69) is 13.0 Å². The highest BCUT2D eigenvalue weighted by Crippen LogP contribution is 2.38. The topological polar surface area (TPSA) is 75.0 Å². The first-order valence-corrected chi connectivity index (χ1v) is 14.7. The smallest absolute Gasteiger partial charge is 0.271 e. The SMILES string of the molecule is C[C@@H]1CN([C@@H](C)CO)C(=O)c2c(c3ccccc3n2C)-c2ccccc2CO[C@@H]1CN(C)C(=O)[C@H](C)c1ccccc1. The third-order valence-electron chi connectivity index (χ3n) is 8.73. The Morgan fingerprint density at radius 3 is 2.43 bits per heavy atom. The van der Waals surface area contributed by atoms with Gasteiger partial charge in [0.15, 0.2) is 0 Å². The first-order valence-electron chi connectivity index (χ1n) is 14.7. The van der Waals surface area contributed by atoms with Crippen LogP contribution in [0, 0.1) is 5.92 Å². The normalized spacial score (nSPS) is 19.0. The minimum absolute atomic E-state index is 0.0160. The van der Waals surface area contributed by atoms with E-state index in [9.17, 15) is 14.7 Å². The number of carbonyl (C=O) groups excluding carboxylic acids is 2. The highest BCUT2D eigenvalue weighted by molar-refractivity contribution is 6.10. The monoisotopic (exact) mass is 567 g/mol. The van der Waals surface area contributed by atoms with E-state index in [1.165, 1.54) is 0 Å². The Morgan fingerprint density at radius 2 is 1.69 bits per heavy atom. The van der Waals surface area contributed by atoms with Crippen molar-refractivity contribution in [3.63, 3.8) is 0 Å². The molecule has 1 aliphatic heterocycles. The van der Waals surface area contributed by atoms with Crippen molar-refractivity contribution in [2.75, 3.05) is 26.7 Å². The van der Waals surface area contributed by atoms with E-state index in [1.54, 1.807) is 9.80 Å². The van der Waals surface area contributed by atoms with Gasteiger partial charge in [0.25, 0.3) is 5.91 Å². The summed E-state index contributed by atoms with van der Waals surface area (Å²) in [6.07, 6.45) is -0.339. The number of rotatable bonds is 6. The summed E-state index contributed by atoms with van der Waals surface area (Å²) < 4.78 is 8.62. The molecule has 0 saturated carbocycles. The van der Waals surface area contributed by atoms with Crippen LogP contribution in [0.1, 0.15) is 48.3 Å². The van der Waals surface area contributed by atoms with E-state index in [-0.39, 0.29) is 36.4 Å². The molecule has 7 nitrogen and oxygen atoms in total. The number of hydrogen-bond donors (Lipinski definition) is 1. The maximum Gasteiger partial charge on any atom is 0.271 e. The average Bonchev–Trinajstić information content (AvgIpc) is 3.31. The van der Waals surface area contributed by atoms with Gasteiger partial charge < -0.3 is 24.2 Å². The van der Waals surface area contributed by atoms with Crippen molar-refractivity contribution in [1.29, 1.82) is 0 Å². The zero-order valence-electron chi connectivity index (χ0n) is 25.2. The number of aryl methyl sites for hydroxylation is 1. The van der Waals surface area contributed by atoms with Crippen LogP contribution in [0.3, 0.4) is 0 Å². The second kappa shape index (κ2) is 12.5. The summed E-state index contributed by atoms with van der Waals surface area (Å²) in [6, 6.07) is 25.5. The van der Waals surface area contributed by atoms with E-state index in [0.717, 1.165) is 33.2 Å². The van der Waals surface area contributed by atoms with Gasteiger partial charge in [-0.25, -0.2) is 0 Å². The Hall–Kier alpha value is -3.94. The molecular weight excluding hydrogens is 526 g/mol. The largest absolute Gasteiger partial charge is 0.394 e. The Kier molecular flexibility index (Phi) is 8.80. The molecule has 4 aromatic rings. The van der Waals surface area contributed by atoms with Gasteiger partial charge in [0.1, 0.15) is 5.69 Å². The Balaban J connectivity index is 1.55. The average molecular weight is 568 g/mol. The first-order chi connectivity index (χ1) is 20.2. The van der Waals surface area contributed by atoms with Crippen molar-refractivity contribution in [3.05, 3.63) is 95.7 Å². The Labute approximate surface area is 248 Å². The van der Waals surface area contributed by atoms with Gasteiger partial charge in [-0.2, -0.15) is 0 Å². The number of ether oxygens (including phenoxy) is 1. The number of aliphatic hydroxyl groups is 1. The number of fused-ring (bicyclic) bond motifs is 5. The molecule has 3 aromatic carbocycles. The van der Waals surface area contributed by atoms with Gasteiger partial charge in [-0.3, -0.25) is 9.59 Å². The lowest BCUT2D eigenvalue weighted by Gasteiger charge is -2.35. The van der Waals surface area contributed by atoms with Crippen molar-refractivity contribution < 1.29 is 19.4 Å². The maximum atomic E-state index is 14.5. The van der Waals surface area contributed by atoms with Gasteiger partial charge in [-0.15, -0.1) is 0 Å². The number of nitrogens with zero attached hydrogens (tertiary/aromatic N) is 3. The van der Waals surface area contributed by atoms with Crippen LogP contribution in [0.4, 0.5) is 0 Å². The summed E-state index contributed by atoms with van der Waals surface area (Å²) in [6.45, 7) is 6.79. The fourth-order valence-electron chi connectivity index (χ4n) is 6.10. The summed E-state index contributed by atoms with van der Waals surface area (Å²) >= 11 is 0. The molecule has 2 heterocycles. The first kappa shape index (κ1) is 29.5. The standard InChI is InChI=1S/C35H41N3O4/c1-23-19-38(24(2)21-39)35(41)33-32(29-17-11-12-18-30(29)37(33)5)28-16-10-9-15-27(28)22-42-31(23)20-36(4)34(40)25(3)26-13-7-6-8-14-26/h6-18,23-25,31,39H,19-22H2,1-5H3/t23-,24+,25-,31-/m1/s1. The van der Waals surface area contributed by atoms with Gasteiger partial charge in [-0.05, 0) is 36.6 Å². The van der Waals surface area contributed by atoms with Crippen LogP contribution < -0.4 is 0 Å². The van der Waals surface area contributed by atoms with E-state index in [4.69, 9.17) is 4.74 Å². The predicted molar refractivity (Wildman–Crippen MR) is 166 cm³/mol. The molecule has 0 aliphatic carbocycles.